The molecule has 2 rings (SSSR count). The normalized spacial score (nSPS) is 9.86. The monoisotopic (exact) mass is 290 g/mol. The zero-order valence-corrected chi connectivity index (χ0v) is 12.5. The van der Waals surface area contributed by atoms with Crippen LogP contribution in [0.5, 0.6) is 17.2 Å². The Labute approximate surface area is 124 Å². The number of nitrogens with two attached hydrogens (primary N) is 2. The van der Waals surface area contributed by atoms with Crippen molar-refractivity contribution in [2.75, 3.05) is 11.5 Å². The van der Waals surface area contributed by atoms with Gasteiger partial charge in [0, 0.05) is 34.6 Å². The minimum Gasteiger partial charge on any atom is -0.508 e. The molecule has 0 aliphatic carbocycles. The van der Waals surface area contributed by atoms with Gasteiger partial charge in [-0.3, -0.25) is 0 Å². The summed E-state index contributed by atoms with van der Waals surface area (Å²) >= 11 is 0. The van der Waals surface area contributed by atoms with Crippen molar-refractivity contribution in [3.8, 4) is 17.2 Å². The highest BCUT2D eigenvalue weighted by Crippen LogP contribution is 2.33. The lowest BCUT2D eigenvalue weighted by Gasteiger charge is -2.10. The summed E-state index contributed by atoms with van der Waals surface area (Å²) in [7, 11) is 0. The van der Waals surface area contributed by atoms with Crippen LogP contribution in [-0.2, 0) is 6.42 Å². The molecule has 0 aliphatic rings. The Morgan fingerprint density at radius 2 is 1.52 bits per heavy atom. The topological polar surface area (TPSA) is 113 Å². The van der Waals surface area contributed by atoms with Gasteiger partial charge < -0.3 is 26.8 Å². The molecule has 114 valence electrons. The third-order valence-corrected chi connectivity index (χ3v) is 3.28. The van der Waals surface area contributed by atoms with Crippen molar-refractivity contribution in [3.63, 3.8) is 0 Å². The molecule has 0 saturated heterocycles. The highest BCUT2D eigenvalue weighted by Gasteiger charge is 2.09. The van der Waals surface area contributed by atoms with Crippen LogP contribution in [0, 0.1) is 13.8 Å². The van der Waals surface area contributed by atoms with E-state index >= 15 is 0 Å². The third-order valence-electron chi connectivity index (χ3n) is 3.28. The number of rotatable bonds is 1. The number of aryl methyl sites for hydroxylation is 1. The fourth-order valence-corrected chi connectivity index (χ4v) is 1.83. The minimum atomic E-state index is 0.0437. The van der Waals surface area contributed by atoms with Gasteiger partial charge in [-0.15, -0.1) is 0 Å². The second-order valence-corrected chi connectivity index (χ2v) is 4.83. The first-order valence-corrected chi connectivity index (χ1v) is 6.62. The van der Waals surface area contributed by atoms with Crippen molar-refractivity contribution in [1.29, 1.82) is 0 Å². The van der Waals surface area contributed by atoms with Crippen LogP contribution in [0.1, 0.15) is 23.6 Å². The van der Waals surface area contributed by atoms with Crippen LogP contribution < -0.4 is 11.5 Å². The predicted octanol–water partition coefficient (Wildman–Crippen LogP) is 2.83. The number of hydrogen-bond acceptors (Lipinski definition) is 5. The quantitative estimate of drug-likeness (QED) is 0.518. The van der Waals surface area contributed by atoms with E-state index in [1.807, 2.05) is 13.8 Å². The summed E-state index contributed by atoms with van der Waals surface area (Å²) < 4.78 is 0. The van der Waals surface area contributed by atoms with Gasteiger partial charge in [-0.05, 0) is 31.9 Å². The first kappa shape index (κ1) is 16.5. The molecule has 0 bridgehead atoms. The molecule has 0 spiro atoms. The second-order valence-electron chi connectivity index (χ2n) is 4.83. The summed E-state index contributed by atoms with van der Waals surface area (Å²) in [5.74, 6) is 0.371. The SMILES string of the molecule is CCc1c(O)cc(O)c(C)c1N.Cc1ccc(N)cc1O. The molecule has 21 heavy (non-hydrogen) atoms. The minimum absolute atomic E-state index is 0.0437. The van der Waals surface area contributed by atoms with Gasteiger partial charge in [0.1, 0.15) is 17.2 Å². The standard InChI is InChI=1S/C9H13NO2.C7H9NO/c1-3-6-8(12)4-7(11)5(2)9(6)10;1-5-2-3-6(8)4-7(5)9/h4,11-12H,3,10H2,1-2H3;2-4,9H,8H2,1H3. The Balaban J connectivity index is 0.000000219. The van der Waals surface area contributed by atoms with E-state index in [1.54, 1.807) is 19.1 Å². The first-order valence-electron chi connectivity index (χ1n) is 6.62. The van der Waals surface area contributed by atoms with Crippen LogP contribution in [0.15, 0.2) is 24.3 Å². The molecular formula is C16H22N2O3. The molecule has 0 unspecified atom stereocenters. The summed E-state index contributed by atoms with van der Waals surface area (Å²) in [5, 5.41) is 27.6. The van der Waals surface area contributed by atoms with Gasteiger partial charge in [-0.1, -0.05) is 13.0 Å². The molecule has 5 heteroatoms. The van der Waals surface area contributed by atoms with Crippen LogP contribution in [-0.4, -0.2) is 15.3 Å². The van der Waals surface area contributed by atoms with Crippen molar-refractivity contribution in [2.24, 2.45) is 0 Å². The molecule has 0 heterocycles. The molecular weight excluding hydrogens is 268 g/mol. The van der Waals surface area contributed by atoms with E-state index in [9.17, 15) is 10.2 Å². The van der Waals surface area contributed by atoms with E-state index in [2.05, 4.69) is 0 Å². The molecule has 7 N–H and O–H groups in total. The van der Waals surface area contributed by atoms with E-state index < -0.39 is 0 Å². The fraction of sp³-hybridized carbons (Fsp3) is 0.250. The average molecular weight is 290 g/mol. The zero-order chi connectivity index (χ0) is 16.2. The molecule has 0 fully saturated rings. The number of benzene rings is 2. The Morgan fingerprint density at radius 3 is 2.00 bits per heavy atom. The molecule has 0 radical (unpaired) electrons. The van der Waals surface area contributed by atoms with Crippen LogP contribution >= 0.6 is 0 Å². The van der Waals surface area contributed by atoms with Crippen molar-refractivity contribution in [3.05, 3.63) is 41.0 Å². The summed E-state index contributed by atoms with van der Waals surface area (Å²) in [6.07, 6.45) is 0.665. The Bertz CT molecular complexity index is 640. The van der Waals surface area contributed by atoms with Crippen LogP contribution in [0.4, 0.5) is 11.4 Å². The van der Waals surface area contributed by atoms with Gasteiger partial charge in [0.25, 0.3) is 0 Å². The van der Waals surface area contributed by atoms with Crippen molar-refractivity contribution >= 4 is 11.4 Å². The van der Waals surface area contributed by atoms with Gasteiger partial charge in [-0.25, -0.2) is 0 Å². The molecule has 0 saturated carbocycles. The number of aromatic hydroxyl groups is 3. The van der Waals surface area contributed by atoms with E-state index in [1.165, 1.54) is 12.1 Å². The summed E-state index contributed by atoms with van der Waals surface area (Å²) in [6.45, 7) is 5.46. The highest BCUT2D eigenvalue weighted by atomic mass is 16.3. The third kappa shape index (κ3) is 3.95. The van der Waals surface area contributed by atoms with Crippen molar-refractivity contribution in [2.45, 2.75) is 27.2 Å². The molecule has 0 atom stereocenters. The summed E-state index contributed by atoms with van der Waals surface area (Å²) in [5.41, 5.74) is 14.3. The lowest BCUT2D eigenvalue weighted by Crippen LogP contribution is -1.96. The number of phenols is 3. The molecule has 2 aromatic carbocycles. The molecule has 0 aliphatic heterocycles. The largest absolute Gasteiger partial charge is 0.508 e. The number of anilines is 2. The van der Waals surface area contributed by atoms with Gasteiger partial charge in [0.2, 0.25) is 0 Å². The number of phenolic OH excluding ortho intramolecular Hbond substituents is 3. The zero-order valence-electron chi connectivity index (χ0n) is 12.5. The molecule has 0 amide bonds. The van der Waals surface area contributed by atoms with Crippen LogP contribution in [0.2, 0.25) is 0 Å². The molecule has 0 aromatic heterocycles. The second kappa shape index (κ2) is 6.74. The predicted molar refractivity (Wildman–Crippen MR) is 85.6 cm³/mol. The average Bonchev–Trinajstić information content (AvgIpc) is 2.42. The molecule has 5 nitrogen and oxygen atoms in total. The Hall–Kier alpha value is -2.56. The van der Waals surface area contributed by atoms with Gasteiger partial charge in [0.15, 0.2) is 0 Å². The van der Waals surface area contributed by atoms with Crippen LogP contribution in [0.25, 0.3) is 0 Å². The fourth-order valence-electron chi connectivity index (χ4n) is 1.83. The Kier molecular flexibility index (Phi) is 5.30. The van der Waals surface area contributed by atoms with Gasteiger partial charge in [-0.2, -0.15) is 0 Å². The number of hydrogen-bond donors (Lipinski definition) is 5. The maximum Gasteiger partial charge on any atom is 0.124 e. The number of nitrogen functional groups attached to an aromatic ring is 2. The van der Waals surface area contributed by atoms with E-state index in [0.29, 0.717) is 28.9 Å². The van der Waals surface area contributed by atoms with Gasteiger partial charge >= 0.3 is 0 Å². The summed E-state index contributed by atoms with van der Waals surface area (Å²) in [6, 6.07) is 6.40. The maximum absolute atomic E-state index is 9.36. The van der Waals surface area contributed by atoms with E-state index in [0.717, 1.165) is 5.56 Å². The first-order chi connectivity index (χ1) is 9.77. The highest BCUT2D eigenvalue weighted by molar-refractivity contribution is 5.63. The Morgan fingerprint density at radius 1 is 0.905 bits per heavy atom. The smallest absolute Gasteiger partial charge is 0.124 e. The van der Waals surface area contributed by atoms with Crippen molar-refractivity contribution in [1.82, 2.24) is 0 Å². The van der Waals surface area contributed by atoms with Crippen LogP contribution in [0.3, 0.4) is 0 Å². The van der Waals surface area contributed by atoms with E-state index in [-0.39, 0.29) is 17.2 Å². The van der Waals surface area contributed by atoms with Gasteiger partial charge in [0.05, 0.1) is 0 Å². The molecule has 2 aromatic rings. The maximum atomic E-state index is 9.36. The lowest BCUT2D eigenvalue weighted by molar-refractivity contribution is 0.444. The lowest BCUT2D eigenvalue weighted by atomic mass is 10.0. The summed E-state index contributed by atoms with van der Waals surface area (Å²) in [4.78, 5) is 0. The van der Waals surface area contributed by atoms with E-state index in [4.69, 9.17) is 16.6 Å². The van der Waals surface area contributed by atoms with Crippen molar-refractivity contribution < 1.29 is 15.3 Å².